The van der Waals surface area contributed by atoms with E-state index in [1.165, 1.54) is 12.3 Å². The lowest BCUT2D eigenvalue weighted by atomic mass is 9.81. The summed E-state index contributed by atoms with van der Waals surface area (Å²) in [5.74, 6) is 0.718. The smallest absolute Gasteiger partial charge is 0.438 e. The van der Waals surface area contributed by atoms with Crippen LogP contribution < -0.4 is 10.2 Å². The van der Waals surface area contributed by atoms with Crippen molar-refractivity contribution in [2.45, 2.75) is 0 Å². The molecule has 17 heavy (non-hydrogen) atoms. The van der Waals surface area contributed by atoms with Gasteiger partial charge in [-0.15, -0.1) is 0 Å². The second-order valence-corrected chi connectivity index (χ2v) is 3.69. The molecule has 1 heterocycles. The van der Waals surface area contributed by atoms with Crippen LogP contribution in [-0.2, 0) is 0 Å². The van der Waals surface area contributed by atoms with Gasteiger partial charge in [-0.1, -0.05) is 29.8 Å². The molecule has 0 aliphatic heterocycles. The lowest BCUT2D eigenvalue weighted by Crippen LogP contribution is -2.31. The van der Waals surface area contributed by atoms with Crippen molar-refractivity contribution in [1.29, 1.82) is 0 Å². The van der Waals surface area contributed by atoms with Gasteiger partial charge >= 0.3 is 7.12 Å². The van der Waals surface area contributed by atoms with E-state index in [0.717, 1.165) is 0 Å². The average Bonchev–Trinajstić information content (AvgIpc) is 2.33. The van der Waals surface area contributed by atoms with Crippen LogP contribution in [0.1, 0.15) is 0 Å². The Bertz CT molecular complexity index is 507. The molecule has 0 spiro atoms. The summed E-state index contributed by atoms with van der Waals surface area (Å²) >= 11 is 5.95. The minimum Gasteiger partial charge on any atom is -0.438 e. The molecule has 0 fully saturated rings. The fraction of sp³-hybridized carbons (Fsp3) is 0. The van der Waals surface area contributed by atoms with E-state index >= 15 is 0 Å². The average molecular weight is 249 g/mol. The highest BCUT2D eigenvalue weighted by molar-refractivity contribution is 6.63. The van der Waals surface area contributed by atoms with Crippen LogP contribution in [0.25, 0.3) is 0 Å². The van der Waals surface area contributed by atoms with Gasteiger partial charge in [0.25, 0.3) is 0 Å². The molecular weight excluding hydrogens is 240 g/mol. The summed E-state index contributed by atoms with van der Waals surface area (Å²) in [4.78, 5) is 3.94. The number of ether oxygens (including phenoxy) is 1. The summed E-state index contributed by atoms with van der Waals surface area (Å²) in [7, 11) is -1.65. The number of aromatic nitrogens is 1. The summed E-state index contributed by atoms with van der Waals surface area (Å²) in [5, 5.41) is 18.3. The Hall–Kier alpha value is -1.56. The largest absolute Gasteiger partial charge is 0.490 e. The maximum atomic E-state index is 9.08. The first-order valence-electron chi connectivity index (χ1n) is 4.92. The zero-order chi connectivity index (χ0) is 12.3. The molecule has 86 valence electrons. The number of benzene rings is 1. The molecule has 0 amide bonds. The van der Waals surface area contributed by atoms with Crippen LogP contribution in [0.5, 0.6) is 11.6 Å². The van der Waals surface area contributed by atoms with Gasteiger partial charge in [0.2, 0.25) is 5.88 Å². The van der Waals surface area contributed by atoms with Gasteiger partial charge in [0.05, 0.1) is 0 Å². The molecule has 0 saturated heterocycles. The zero-order valence-electron chi connectivity index (χ0n) is 8.75. The van der Waals surface area contributed by atoms with Crippen LogP contribution >= 0.6 is 11.6 Å². The topological polar surface area (TPSA) is 62.6 Å². The summed E-state index contributed by atoms with van der Waals surface area (Å²) < 4.78 is 5.43. The maximum Gasteiger partial charge on any atom is 0.490 e. The van der Waals surface area contributed by atoms with Crippen LogP contribution in [0.4, 0.5) is 0 Å². The van der Waals surface area contributed by atoms with Crippen molar-refractivity contribution < 1.29 is 14.8 Å². The Labute approximate surface area is 104 Å². The maximum absolute atomic E-state index is 9.08. The van der Waals surface area contributed by atoms with E-state index in [4.69, 9.17) is 26.4 Å². The molecule has 0 atom stereocenters. The third-order valence-corrected chi connectivity index (χ3v) is 2.50. The second kappa shape index (κ2) is 5.18. The Balaban J connectivity index is 2.31. The molecule has 0 unspecified atom stereocenters. The lowest BCUT2D eigenvalue weighted by Gasteiger charge is -2.09. The number of hydrogen-bond acceptors (Lipinski definition) is 4. The normalized spacial score (nSPS) is 10.1. The Morgan fingerprint density at radius 1 is 1.12 bits per heavy atom. The van der Waals surface area contributed by atoms with Crippen molar-refractivity contribution in [3.8, 4) is 11.6 Å². The van der Waals surface area contributed by atoms with E-state index in [1.807, 2.05) is 18.2 Å². The third kappa shape index (κ3) is 2.76. The van der Waals surface area contributed by atoms with Crippen LogP contribution in [0, 0.1) is 0 Å². The molecule has 2 aromatic rings. The summed E-state index contributed by atoms with van der Waals surface area (Å²) in [6, 6.07) is 10.4. The van der Waals surface area contributed by atoms with Crippen molar-refractivity contribution in [2.24, 2.45) is 0 Å². The van der Waals surface area contributed by atoms with E-state index in [2.05, 4.69) is 4.98 Å². The minimum absolute atomic E-state index is 0.0892. The molecule has 1 aromatic carbocycles. The van der Waals surface area contributed by atoms with Crippen molar-refractivity contribution >= 4 is 24.2 Å². The number of nitrogens with zero attached hydrogens (tertiary/aromatic N) is 1. The first kappa shape index (κ1) is 11.9. The monoisotopic (exact) mass is 249 g/mol. The first-order valence-corrected chi connectivity index (χ1v) is 5.29. The molecule has 0 aliphatic rings. The van der Waals surface area contributed by atoms with Crippen LogP contribution in [-0.4, -0.2) is 22.2 Å². The standard InChI is InChI=1S/C11H9BClNO3/c13-10-9(12(15)16)6-7-14-11(10)17-8-4-2-1-3-5-8/h1-7,15-16H. The van der Waals surface area contributed by atoms with Gasteiger partial charge in [-0.25, -0.2) is 4.98 Å². The highest BCUT2D eigenvalue weighted by atomic mass is 35.5. The molecule has 0 aliphatic carbocycles. The predicted octanol–water partition coefficient (Wildman–Crippen LogP) is 1.21. The van der Waals surface area contributed by atoms with E-state index in [1.54, 1.807) is 12.1 Å². The van der Waals surface area contributed by atoms with Gasteiger partial charge in [0.15, 0.2) is 0 Å². The zero-order valence-corrected chi connectivity index (χ0v) is 9.50. The van der Waals surface area contributed by atoms with E-state index in [9.17, 15) is 0 Å². The molecule has 1 aromatic heterocycles. The van der Waals surface area contributed by atoms with Gasteiger partial charge in [0.1, 0.15) is 10.8 Å². The van der Waals surface area contributed by atoms with Gasteiger partial charge in [-0.05, 0) is 18.2 Å². The second-order valence-electron chi connectivity index (χ2n) is 3.31. The van der Waals surface area contributed by atoms with Crippen molar-refractivity contribution in [2.75, 3.05) is 0 Å². The highest BCUT2D eigenvalue weighted by Crippen LogP contribution is 2.25. The van der Waals surface area contributed by atoms with E-state index in [0.29, 0.717) is 5.75 Å². The number of halogens is 1. The van der Waals surface area contributed by atoms with Crippen molar-refractivity contribution in [1.82, 2.24) is 4.98 Å². The molecule has 0 radical (unpaired) electrons. The molecular formula is C11H9BClNO3. The summed E-state index contributed by atoms with van der Waals surface area (Å²) in [6.07, 6.45) is 1.40. The predicted molar refractivity (Wildman–Crippen MR) is 65.6 cm³/mol. The van der Waals surface area contributed by atoms with E-state index in [-0.39, 0.29) is 16.4 Å². The fourth-order valence-corrected chi connectivity index (χ4v) is 1.56. The highest BCUT2D eigenvalue weighted by Gasteiger charge is 2.19. The molecule has 6 heteroatoms. The Morgan fingerprint density at radius 3 is 2.47 bits per heavy atom. The molecule has 2 N–H and O–H groups in total. The molecule has 0 saturated carbocycles. The number of para-hydroxylation sites is 1. The summed E-state index contributed by atoms with van der Waals surface area (Å²) in [5.41, 5.74) is 0.160. The third-order valence-electron chi connectivity index (χ3n) is 2.12. The summed E-state index contributed by atoms with van der Waals surface area (Å²) in [6.45, 7) is 0. The van der Waals surface area contributed by atoms with Gasteiger partial charge in [-0.2, -0.15) is 0 Å². The van der Waals surface area contributed by atoms with Crippen LogP contribution in [0.2, 0.25) is 5.02 Å². The number of hydrogen-bond donors (Lipinski definition) is 2. The lowest BCUT2D eigenvalue weighted by molar-refractivity contribution is 0.424. The van der Waals surface area contributed by atoms with Crippen molar-refractivity contribution in [3.05, 3.63) is 47.6 Å². The van der Waals surface area contributed by atoms with Crippen LogP contribution in [0.15, 0.2) is 42.6 Å². The van der Waals surface area contributed by atoms with Gasteiger partial charge in [-0.3, -0.25) is 0 Å². The van der Waals surface area contributed by atoms with E-state index < -0.39 is 7.12 Å². The van der Waals surface area contributed by atoms with Gasteiger partial charge in [0, 0.05) is 11.7 Å². The molecule has 4 nitrogen and oxygen atoms in total. The number of pyridine rings is 1. The molecule has 0 bridgehead atoms. The van der Waals surface area contributed by atoms with Gasteiger partial charge < -0.3 is 14.8 Å². The minimum atomic E-state index is -1.65. The molecule has 2 rings (SSSR count). The quantitative estimate of drug-likeness (QED) is 0.803. The first-order chi connectivity index (χ1) is 8.18. The van der Waals surface area contributed by atoms with Crippen molar-refractivity contribution in [3.63, 3.8) is 0 Å². The Morgan fingerprint density at radius 2 is 1.82 bits per heavy atom. The number of rotatable bonds is 3. The van der Waals surface area contributed by atoms with Crippen LogP contribution in [0.3, 0.4) is 0 Å². The Kier molecular flexibility index (Phi) is 3.63. The SMILES string of the molecule is OB(O)c1ccnc(Oc2ccccc2)c1Cl. The fourth-order valence-electron chi connectivity index (χ4n) is 1.31.